The number of hydrogen-bond donors (Lipinski definition) is 1. The van der Waals surface area contributed by atoms with E-state index in [0.717, 1.165) is 11.6 Å². The molecule has 0 heterocycles. The summed E-state index contributed by atoms with van der Waals surface area (Å²) in [6.07, 6.45) is -0.312. The quantitative estimate of drug-likeness (QED) is 0.905. The van der Waals surface area contributed by atoms with Crippen LogP contribution in [0.3, 0.4) is 0 Å². The molecule has 0 spiro atoms. The third-order valence-corrected chi connectivity index (χ3v) is 3.25. The third-order valence-electron chi connectivity index (χ3n) is 2.88. The van der Waals surface area contributed by atoms with Crippen LogP contribution in [-0.2, 0) is 12.8 Å². The maximum absolute atomic E-state index is 13.5. The van der Waals surface area contributed by atoms with E-state index in [1.54, 1.807) is 12.1 Å². The Kier molecular flexibility index (Phi) is 4.51. The normalized spacial score (nSPS) is 12.4. The maximum atomic E-state index is 13.5. The van der Waals surface area contributed by atoms with Crippen molar-refractivity contribution in [1.82, 2.24) is 0 Å². The Morgan fingerprint density at radius 1 is 1.00 bits per heavy atom. The number of hydrogen-bond acceptors (Lipinski definition) is 1. The molecule has 0 aliphatic heterocycles. The molecule has 19 heavy (non-hydrogen) atoms. The van der Waals surface area contributed by atoms with E-state index in [0.29, 0.717) is 17.0 Å². The Morgan fingerprint density at radius 2 is 1.68 bits per heavy atom. The van der Waals surface area contributed by atoms with Gasteiger partial charge in [-0.05, 0) is 23.3 Å². The van der Waals surface area contributed by atoms with E-state index in [-0.39, 0.29) is 6.42 Å². The summed E-state index contributed by atoms with van der Waals surface area (Å²) in [4.78, 5) is 0. The van der Waals surface area contributed by atoms with E-state index in [1.165, 1.54) is 12.1 Å². The molecular weight excluding hydrogens is 270 g/mol. The van der Waals surface area contributed by atoms with Gasteiger partial charge >= 0.3 is 0 Å². The van der Waals surface area contributed by atoms with Crippen LogP contribution in [0, 0.1) is 11.6 Å². The molecule has 1 unspecified atom stereocenters. The Balaban J connectivity index is 2.05. The Bertz CT molecular complexity index is 572. The molecule has 100 valence electrons. The second-order valence-electron chi connectivity index (χ2n) is 4.39. The topological polar surface area (TPSA) is 20.2 Å². The molecule has 0 bridgehead atoms. The zero-order valence-corrected chi connectivity index (χ0v) is 10.9. The Morgan fingerprint density at radius 3 is 2.37 bits per heavy atom. The molecule has 0 aromatic heterocycles. The van der Waals surface area contributed by atoms with E-state index in [1.807, 2.05) is 12.1 Å². The predicted molar refractivity (Wildman–Crippen MR) is 71.2 cm³/mol. The highest BCUT2D eigenvalue weighted by molar-refractivity contribution is 6.31. The van der Waals surface area contributed by atoms with Crippen LogP contribution in [0.1, 0.15) is 11.1 Å². The number of rotatable bonds is 4. The van der Waals surface area contributed by atoms with E-state index in [9.17, 15) is 13.9 Å². The van der Waals surface area contributed by atoms with Gasteiger partial charge in [0.15, 0.2) is 0 Å². The first-order valence-corrected chi connectivity index (χ1v) is 6.29. The van der Waals surface area contributed by atoms with E-state index >= 15 is 0 Å². The minimum Gasteiger partial charge on any atom is -0.392 e. The second kappa shape index (κ2) is 6.13. The van der Waals surface area contributed by atoms with E-state index < -0.39 is 17.7 Å². The van der Waals surface area contributed by atoms with Crippen LogP contribution in [0.15, 0.2) is 42.5 Å². The van der Waals surface area contributed by atoms with Crippen molar-refractivity contribution in [2.45, 2.75) is 18.9 Å². The first kappa shape index (κ1) is 14.0. The van der Waals surface area contributed by atoms with Gasteiger partial charge < -0.3 is 5.11 Å². The highest BCUT2D eigenvalue weighted by Crippen LogP contribution is 2.19. The van der Waals surface area contributed by atoms with Gasteiger partial charge in [0.2, 0.25) is 0 Å². The number of aliphatic hydroxyl groups is 1. The highest BCUT2D eigenvalue weighted by Gasteiger charge is 2.12. The van der Waals surface area contributed by atoms with Gasteiger partial charge in [-0.3, -0.25) is 0 Å². The van der Waals surface area contributed by atoms with Gasteiger partial charge in [-0.15, -0.1) is 0 Å². The summed E-state index contributed by atoms with van der Waals surface area (Å²) >= 11 is 5.99. The molecule has 1 atom stereocenters. The average Bonchev–Trinajstić information content (AvgIpc) is 2.36. The minimum absolute atomic E-state index is 0.122. The molecular formula is C15H13ClF2O. The van der Waals surface area contributed by atoms with Crippen LogP contribution in [0.4, 0.5) is 8.78 Å². The SMILES string of the molecule is OC(Cc1ccc(F)cc1F)Cc1ccccc1Cl. The van der Waals surface area contributed by atoms with Crippen LogP contribution in [0.5, 0.6) is 0 Å². The molecule has 4 heteroatoms. The largest absolute Gasteiger partial charge is 0.392 e. The lowest BCUT2D eigenvalue weighted by molar-refractivity contribution is 0.174. The minimum atomic E-state index is -0.764. The van der Waals surface area contributed by atoms with Crippen molar-refractivity contribution in [1.29, 1.82) is 0 Å². The first-order valence-electron chi connectivity index (χ1n) is 5.91. The van der Waals surface area contributed by atoms with Crippen molar-refractivity contribution < 1.29 is 13.9 Å². The lowest BCUT2D eigenvalue weighted by atomic mass is 10.0. The van der Waals surface area contributed by atoms with Gasteiger partial charge in [0.05, 0.1) is 6.10 Å². The molecule has 0 aliphatic rings. The summed E-state index contributed by atoms with van der Waals surface area (Å²) in [5.41, 5.74) is 1.10. The van der Waals surface area contributed by atoms with Crippen molar-refractivity contribution in [2.75, 3.05) is 0 Å². The van der Waals surface area contributed by atoms with Crippen molar-refractivity contribution in [3.8, 4) is 0 Å². The standard InChI is InChI=1S/C15H13ClF2O/c16-14-4-2-1-3-10(14)7-13(19)8-11-5-6-12(17)9-15(11)18/h1-6,9,13,19H,7-8H2. The smallest absolute Gasteiger partial charge is 0.129 e. The van der Waals surface area contributed by atoms with Crippen LogP contribution in [0.25, 0.3) is 0 Å². The van der Waals surface area contributed by atoms with Crippen molar-refractivity contribution in [3.63, 3.8) is 0 Å². The summed E-state index contributed by atoms with van der Waals surface area (Å²) in [5, 5.41) is 10.5. The van der Waals surface area contributed by atoms with Crippen LogP contribution < -0.4 is 0 Å². The molecule has 0 fully saturated rings. The Labute approximate surface area is 115 Å². The number of benzene rings is 2. The summed E-state index contributed by atoms with van der Waals surface area (Å²) in [7, 11) is 0. The average molecular weight is 283 g/mol. The van der Waals surface area contributed by atoms with Crippen molar-refractivity contribution in [3.05, 3.63) is 70.2 Å². The fourth-order valence-corrected chi connectivity index (χ4v) is 2.14. The lowest BCUT2D eigenvalue weighted by Gasteiger charge is -2.12. The molecule has 2 aromatic rings. The molecule has 0 amide bonds. The fraction of sp³-hybridized carbons (Fsp3) is 0.200. The molecule has 1 nitrogen and oxygen atoms in total. The summed E-state index contributed by atoms with van der Waals surface area (Å²) in [5.74, 6) is -1.26. The lowest BCUT2D eigenvalue weighted by Crippen LogP contribution is -2.15. The zero-order valence-electron chi connectivity index (χ0n) is 10.1. The molecule has 0 saturated carbocycles. The first-order chi connectivity index (χ1) is 9.06. The zero-order chi connectivity index (χ0) is 13.8. The molecule has 0 radical (unpaired) electrons. The van der Waals surface area contributed by atoms with Crippen LogP contribution in [-0.4, -0.2) is 11.2 Å². The number of aliphatic hydroxyl groups excluding tert-OH is 1. The van der Waals surface area contributed by atoms with Gasteiger partial charge in [-0.25, -0.2) is 8.78 Å². The molecule has 0 saturated heterocycles. The van der Waals surface area contributed by atoms with Gasteiger partial charge in [0, 0.05) is 23.9 Å². The molecule has 2 aromatic carbocycles. The van der Waals surface area contributed by atoms with Crippen LogP contribution in [0.2, 0.25) is 5.02 Å². The van der Waals surface area contributed by atoms with Gasteiger partial charge in [-0.2, -0.15) is 0 Å². The maximum Gasteiger partial charge on any atom is 0.129 e. The van der Waals surface area contributed by atoms with Gasteiger partial charge in [-0.1, -0.05) is 35.9 Å². The second-order valence-corrected chi connectivity index (χ2v) is 4.80. The molecule has 2 rings (SSSR count). The highest BCUT2D eigenvalue weighted by atomic mass is 35.5. The molecule has 1 N–H and O–H groups in total. The predicted octanol–water partition coefficient (Wildman–Crippen LogP) is 3.76. The fourth-order valence-electron chi connectivity index (χ4n) is 1.93. The third kappa shape index (κ3) is 3.75. The summed E-state index contributed by atoms with van der Waals surface area (Å²) < 4.78 is 26.2. The van der Waals surface area contributed by atoms with Crippen LogP contribution >= 0.6 is 11.6 Å². The van der Waals surface area contributed by atoms with Gasteiger partial charge in [0.25, 0.3) is 0 Å². The Hall–Kier alpha value is -1.45. The van der Waals surface area contributed by atoms with Crippen molar-refractivity contribution in [2.24, 2.45) is 0 Å². The summed E-state index contributed by atoms with van der Waals surface area (Å²) in [6, 6.07) is 10.5. The van der Waals surface area contributed by atoms with E-state index in [4.69, 9.17) is 11.6 Å². The molecule has 0 aliphatic carbocycles. The number of halogens is 3. The monoisotopic (exact) mass is 282 g/mol. The van der Waals surface area contributed by atoms with E-state index in [2.05, 4.69) is 0 Å². The summed E-state index contributed by atoms with van der Waals surface area (Å²) in [6.45, 7) is 0. The van der Waals surface area contributed by atoms with Gasteiger partial charge in [0.1, 0.15) is 11.6 Å². The van der Waals surface area contributed by atoms with Crippen molar-refractivity contribution >= 4 is 11.6 Å².